The molecule has 0 aromatic heterocycles. The van der Waals surface area contributed by atoms with Crippen molar-refractivity contribution in [1.82, 2.24) is 4.31 Å². The van der Waals surface area contributed by atoms with Crippen LogP contribution in [0.4, 0.5) is 5.69 Å². The molecule has 0 unspecified atom stereocenters. The number of hydrogen-bond acceptors (Lipinski definition) is 5. The second-order valence-corrected chi connectivity index (χ2v) is 9.91. The summed E-state index contributed by atoms with van der Waals surface area (Å²) in [6.07, 6.45) is 0.115. The van der Waals surface area contributed by atoms with Gasteiger partial charge in [0.2, 0.25) is 15.9 Å². The van der Waals surface area contributed by atoms with Crippen LogP contribution in [0, 0.1) is 0 Å². The molecule has 2 heterocycles. The van der Waals surface area contributed by atoms with E-state index < -0.39 is 16.1 Å². The van der Waals surface area contributed by atoms with Gasteiger partial charge in [-0.25, -0.2) is 13.3 Å². The maximum atomic E-state index is 13.0. The molecule has 0 bridgehead atoms. The molecule has 31 heavy (non-hydrogen) atoms. The van der Waals surface area contributed by atoms with Crippen molar-refractivity contribution in [3.63, 3.8) is 0 Å². The lowest BCUT2D eigenvalue weighted by Crippen LogP contribution is -3.19. The van der Waals surface area contributed by atoms with Crippen molar-refractivity contribution >= 4 is 39.1 Å². The average Bonchev–Trinajstić information content (AvgIpc) is 3.08. The number of nitrogens with zero attached hydrogens (tertiary/aromatic N) is 2. The highest BCUT2D eigenvalue weighted by Gasteiger charge is 2.47. The van der Waals surface area contributed by atoms with Crippen molar-refractivity contribution in [2.24, 2.45) is 0 Å². The van der Waals surface area contributed by atoms with E-state index in [4.69, 9.17) is 16.3 Å². The quantitative estimate of drug-likeness (QED) is 0.654. The summed E-state index contributed by atoms with van der Waals surface area (Å²) in [6.45, 7) is 1.46. The van der Waals surface area contributed by atoms with Crippen LogP contribution in [0.2, 0.25) is 5.02 Å². The number of carbonyl (C=O) groups excluding carboxylic acids is 2. The molecule has 4 rings (SSSR count). The predicted octanol–water partition coefficient (Wildman–Crippen LogP) is 0.570. The van der Waals surface area contributed by atoms with Crippen molar-refractivity contribution in [3.05, 3.63) is 53.6 Å². The Balaban J connectivity index is 1.43. The van der Waals surface area contributed by atoms with E-state index in [-0.39, 0.29) is 36.2 Å². The Morgan fingerprint density at radius 1 is 1.00 bits per heavy atom. The van der Waals surface area contributed by atoms with E-state index in [1.54, 1.807) is 43.5 Å². The van der Waals surface area contributed by atoms with Gasteiger partial charge in [0.25, 0.3) is 5.91 Å². The van der Waals surface area contributed by atoms with Crippen molar-refractivity contribution in [3.8, 4) is 5.75 Å². The van der Waals surface area contributed by atoms with Gasteiger partial charge in [-0.2, -0.15) is 4.31 Å². The van der Waals surface area contributed by atoms with Crippen LogP contribution in [-0.2, 0) is 19.6 Å². The molecule has 2 amide bonds. The fourth-order valence-corrected chi connectivity index (χ4v) is 5.64. The van der Waals surface area contributed by atoms with Crippen LogP contribution in [-0.4, -0.2) is 63.9 Å². The molecule has 1 N–H and O–H groups in total. The Labute approximate surface area is 186 Å². The summed E-state index contributed by atoms with van der Waals surface area (Å²) in [5.74, 6) is 0.145. The molecule has 1 atom stereocenters. The molecular formula is C21H23ClN3O5S+. The van der Waals surface area contributed by atoms with Crippen LogP contribution < -0.4 is 14.5 Å². The zero-order valence-corrected chi connectivity index (χ0v) is 18.5. The molecule has 2 saturated heterocycles. The average molecular weight is 465 g/mol. The number of amides is 2. The van der Waals surface area contributed by atoms with Crippen molar-refractivity contribution < 1.29 is 27.6 Å². The van der Waals surface area contributed by atoms with E-state index in [1.165, 1.54) is 21.3 Å². The van der Waals surface area contributed by atoms with Crippen LogP contribution in [0.15, 0.2) is 53.4 Å². The van der Waals surface area contributed by atoms with Gasteiger partial charge in [-0.15, -0.1) is 0 Å². The van der Waals surface area contributed by atoms with E-state index in [9.17, 15) is 18.0 Å². The van der Waals surface area contributed by atoms with Crippen LogP contribution >= 0.6 is 11.6 Å². The molecule has 2 aliphatic rings. The van der Waals surface area contributed by atoms with Crippen LogP contribution in [0.25, 0.3) is 0 Å². The first-order chi connectivity index (χ1) is 14.8. The molecule has 2 aromatic carbocycles. The van der Waals surface area contributed by atoms with Gasteiger partial charge < -0.3 is 9.64 Å². The number of rotatable bonds is 5. The van der Waals surface area contributed by atoms with Gasteiger partial charge in [-0.1, -0.05) is 11.6 Å². The molecule has 164 valence electrons. The fraction of sp³-hybridized carbons (Fsp3) is 0.333. The monoisotopic (exact) mass is 464 g/mol. The highest BCUT2D eigenvalue weighted by atomic mass is 35.5. The third-order valence-electron chi connectivity index (χ3n) is 5.79. The van der Waals surface area contributed by atoms with Gasteiger partial charge in [-0.3, -0.25) is 9.59 Å². The van der Waals surface area contributed by atoms with Crippen LogP contribution in [0.3, 0.4) is 0 Å². The second kappa shape index (κ2) is 8.58. The molecule has 2 fully saturated rings. The number of sulfonamides is 1. The first-order valence-electron chi connectivity index (χ1n) is 9.92. The second-order valence-electron chi connectivity index (χ2n) is 7.54. The number of quaternary nitrogens is 1. The molecule has 8 nitrogen and oxygen atoms in total. The number of benzene rings is 2. The van der Waals surface area contributed by atoms with Gasteiger partial charge in [0.1, 0.15) is 5.75 Å². The van der Waals surface area contributed by atoms with E-state index >= 15 is 0 Å². The number of methoxy groups -OCH3 is 1. The highest BCUT2D eigenvalue weighted by Crippen LogP contribution is 2.25. The Bertz CT molecular complexity index is 1080. The fourth-order valence-electron chi connectivity index (χ4n) is 4.07. The van der Waals surface area contributed by atoms with Gasteiger partial charge in [-0.05, 0) is 48.5 Å². The summed E-state index contributed by atoms with van der Waals surface area (Å²) >= 11 is 5.85. The number of imide groups is 1. The molecule has 0 saturated carbocycles. The van der Waals surface area contributed by atoms with E-state index in [1.807, 2.05) is 0 Å². The third kappa shape index (κ3) is 4.18. The minimum absolute atomic E-state index is 0.115. The summed E-state index contributed by atoms with van der Waals surface area (Å²) in [4.78, 5) is 27.9. The van der Waals surface area contributed by atoms with E-state index in [0.29, 0.717) is 29.5 Å². The Hall–Kier alpha value is -2.46. The molecular weight excluding hydrogens is 442 g/mol. The lowest BCUT2D eigenvalue weighted by Gasteiger charge is -2.33. The molecule has 2 aliphatic heterocycles. The molecule has 0 radical (unpaired) electrons. The molecule has 0 spiro atoms. The summed E-state index contributed by atoms with van der Waals surface area (Å²) in [6, 6.07) is 12.3. The van der Waals surface area contributed by atoms with Crippen LogP contribution in [0.1, 0.15) is 6.42 Å². The first kappa shape index (κ1) is 21.8. The van der Waals surface area contributed by atoms with E-state index in [2.05, 4.69) is 0 Å². The number of piperazine rings is 1. The number of hydrogen-bond donors (Lipinski definition) is 1. The van der Waals surface area contributed by atoms with Gasteiger partial charge in [0.15, 0.2) is 6.04 Å². The molecule has 2 aromatic rings. The van der Waals surface area contributed by atoms with Crippen molar-refractivity contribution in [1.29, 1.82) is 0 Å². The largest absolute Gasteiger partial charge is 0.497 e. The zero-order valence-electron chi connectivity index (χ0n) is 17.0. The van der Waals surface area contributed by atoms with Gasteiger partial charge >= 0.3 is 0 Å². The van der Waals surface area contributed by atoms with Gasteiger partial charge in [0.05, 0.1) is 50.3 Å². The highest BCUT2D eigenvalue weighted by molar-refractivity contribution is 7.89. The smallest absolute Gasteiger partial charge is 0.292 e. The lowest BCUT2D eigenvalue weighted by molar-refractivity contribution is -0.918. The summed E-state index contributed by atoms with van der Waals surface area (Å²) in [5.41, 5.74) is 0.515. The molecule has 0 aliphatic carbocycles. The Morgan fingerprint density at radius 2 is 1.61 bits per heavy atom. The zero-order chi connectivity index (χ0) is 22.2. The topological polar surface area (TPSA) is 88.4 Å². The van der Waals surface area contributed by atoms with Crippen LogP contribution in [0.5, 0.6) is 5.75 Å². The van der Waals surface area contributed by atoms with E-state index in [0.717, 1.165) is 4.90 Å². The number of anilines is 1. The number of carbonyl (C=O) groups is 2. The van der Waals surface area contributed by atoms with Crippen molar-refractivity contribution in [2.45, 2.75) is 17.4 Å². The normalized spacial score (nSPS) is 21.0. The predicted molar refractivity (Wildman–Crippen MR) is 115 cm³/mol. The third-order valence-corrected chi connectivity index (χ3v) is 7.95. The minimum Gasteiger partial charge on any atom is -0.497 e. The Morgan fingerprint density at radius 3 is 2.19 bits per heavy atom. The number of nitrogens with one attached hydrogen (secondary N) is 1. The summed E-state index contributed by atoms with van der Waals surface area (Å²) in [5, 5.41) is 0.471. The van der Waals surface area contributed by atoms with Gasteiger partial charge in [0, 0.05) is 5.02 Å². The molecule has 10 heteroatoms. The maximum absolute atomic E-state index is 13.0. The SMILES string of the molecule is COc1ccc(N2C(=O)C[C@@H]([NH+]3CCN(S(=O)(=O)c4ccc(Cl)cc4)CC3)C2=O)cc1. The summed E-state index contributed by atoms with van der Waals surface area (Å²) < 4.78 is 32.3. The maximum Gasteiger partial charge on any atom is 0.292 e. The Kier molecular flexibility index (Phi) is 6.02. The number of ether oxygens (including phenoxy) is 1. The number of halogens is 1. The minimum atomic E-state index is -3.62. The standard InChI is InChI=1S/C21H22ClN3O5S/c1-30-17-6-4-16(5-7-17)25-20(26)14-19(21(25)27)23-10-12-24(13-11-23)31(28,29)18-8-2-15(22)3-9-18/h2-9,19H,10-14H2,1H3/p+1/t19-/m1/s1. The summed E-state index contributed by atoms with van der Waals surface area (Å²) in [7, 11) is -2.07. The lowest BCUT2D eigenvalue weighted by atomic mass is 10.2. The van der Waals surface area contributed by atoms with Crippen molar-refractivity contribution in [2.75, 3.05) is 38.2 Å². The first-order valence-corrected chi connectivity index (χ1v) is 11.7.